The summed E-state index contributed by atoms with van der Waals surface area (Å²) in [6.45, 7) is 0. The van der Waals surface area contributed by atoms with Crippen molar-refractivity contribution in [2.45, 2.75) is 0 Å². The number of halogens is 1. The van der Waals surface area contributed by atoms with Crippen LogP contribution in [0.3, 0.4) is 0 Å². The quantitative estimate of drug-likeness (QED) is 0.562. The smallest absolute Gasteiger partial charge is 0.275 e. The van der Waals surface area contributed by atoms with E-state index in [-0.39, 0.29) is 11.3 Å². The average molecular weight is 331 g/mol. The summed E-state index contributed by atoms with van der Waals surface area (Å²) < 4.78 is 0.653. The third-order valence-electron chi connectivity index (χ3n) is 3.06. The van der Waals surface area contributed by atoms with E-state index in [1.54, 1.807) is 24.3 Å². The van der Waals surface area contributed by atoms with Gasteiger partial charge in [-0.3, -0.25) is 4.79 Å². The van der Waals surface area contributed by atoms with Crippen molar-refractivity contribution < 1.29 is 9.90 Å². The number of fused-ring (bicyclic) bond motifs is 1. The first-order valence-electron chi connectivity index (χ1n) is 6.44. The van der Waals surface area contributed by atoms with Crippen molar-refractivity contribution in [1.29, 1.82) is 0 Å². The average Bonchev–Trinajstić information content (AvgIpc) is 2.92. The van der Waals surface area contributed by atoms with Gasteiger partial charge in [0.15, 0.2) is 0 Å². The highest BCUT2D eigenvalue weighted by Gasteiger charge is 2.11. The van der Waals surface area contributed by atoms with E-state index in [1.165, 1.54) is 17.6 Å². The molecule has 1 amide bonds. The Hall–Kier alpha value is -2.37. The maximum Gasteiger partial charge on any atom is 0.275 e. The Morgan fingerprint density at radius 2 is 1.91 bits per heavy atom. The van der Waals surface area contributed by atoms with Crippen LogP contribution in [-0.4, -0.2) is 17.2 Å². The number of carbonyl (C=O) groups excluding carboxylic acids is 1. The lowest BCUT2D eigenvalue weighted by atomic mass is 10.1. The Morgan fingerprint density at radius 3 is 2.59 bits per heavy atom. The van der Waals surface area contributed by atoms with Gasteiger partial charge in [-0.05, 0) is 35.0 Å². The van der Waals surface area contributed by atoms with E-state index in [1.807, 2.05) is 24.3 Å². The van der Waals surface area contributed by atoms with Crippen molar-refractivity contribution in [3.05, 3.63) is 63.3 Å². The molecule has 2 aromatic carbocycles. The summed E-state index contributed by atoms with van der Waals surface area (Å²) in [5.74, 6) is -0.548. The molecular weight excluding hydrogens is 320 g/mol. The molecular formula is C16H11ClN2O2S. The molecule has 110 valence electrons. The molecule has 3 aromatic rings. The molecule has 4 nitrogen and oxygen atoms in total. The maximum atomic E-state index is 12.1. The molecule has 0 fully saturated rings. The van der Waals surface area contributed by atoms with Gasteiger partial charge in [0.1, 0.15) is 5.75 Å². The number of aromatic hydroxyl groups is 1. The Balaban J connectivity index is 1.80. The summed E-state index contributed by atoms with van der Waals surface area (Å²) in [5, 5.41) is 15.6. The van der Waals surface area contributed by atoms with Gasteiger partial charge >= 0.3 is 0 Å². The van der Waals surface area contributed by atoms with Gasteiger partial charge in [0.05, 0.1) is 16.1 Å². The van der Waals surface area contributed by atoms with Crippen LogP contribution in [0.5, 0.6) is 5.75 Å². The molecule has 0 aliphatic rings. The minimum atomic E-state index is -0.470. The fraction of sp³-hybridized carbons (Fsp3) is 0. The Bertz CT molecular complexity index is 873. The van der Waals surface area contributed by atoms with E-state index in [0.29, 0.717) is 4.34 Å². The van der Waals surface area contributed by atoms with E-state index in [0.717, 1.165) is 15.6 Å². The topological polar surface area (TPSA) is 61.7 Å². The number of rotatable bonds is 3. The SMILES string of the molecule is O=C(NN=Cc1ccc(Cl)s1)c1cc2ccccc2cc1O. The van der Waals surface area contributed by atoms with Gasteiger partial charge in [-0.15, -0.1) is 11.3 Å². The zero-order chi connectivity index (χ0) is 15.5. The van der Waals surface area contributed by atoms with Gasteiger partial charge < -0.3 is 5.11 Å². The number of hydrogen-bond acceptors (Lipinski definition) is 4. The largest absolute Gasteiger partial charge is 0.507 e. The molecule has 0 bridgehead atoms. The number of thiophene rings is 1. The highest BCUT2D eigenvalue weighted by molar-refractivity contribution is 7.17. The Kier molecular flexibility index (Phi) is 4.09. The van der Waals surface area contributed by atoms with Crippen molar-refractivity contribution in [2.75, 3.05) is 0 Å². The van der Waals surface area contributed by atoms with Crippen molar-refractivity contribution >= 4 is 45.8 Å². The predicted octanol–water partition coefficient (Wildman–Crippen LogP) is 4.02. The number of carbonyl (C=O) groups is 1. The second-order valence-electron chi connectivity index (χ2n) is 4.56. The number of benzene rings is 2. The van der Waals surface area contributed by atoms with Crippen LogP contribution in [0.25, 0.3) is 10.8 Å². The molecule has 3 rings (SSSR count). The summed E-state index contributed by atoms with van der Waals surface area (Å²) in [6.07, 6.45) is 1.51. The van der Waals surface area contributed by atoms with Crippen LogP contribution in [0.4, 0.5) is 0 Å². The molecule has 1 heterocycles. The van der Waals surface area contributed by atoms with Gasteiger partial charge in [-0.25, -0.2) is 5.43 Å². The van der Waals surface area contributed by atoms with Gasteiger partial charge in [-0.2, -0.15) is 5.10 Å². The first-order chi connectivity index (χ1) is 10.6. The highest BCUT2D eigenvalue weighted by Crippen LogP contribution is 2.25. The van der Waals surface area contributed by atoms with Gasteiger partial charge in [0, 0.05) is 4.88 Å². The van der Waals surface area contributed by atoms with Gasteiger partial charge in [0.2, 0.25) is 0 Å². The highest BCUT2D eigenvalue weighted by atomic mass is 35.5. The van der Waals surface area contributed by atoms with Crippen LogP contribution in [0.2, 0.25) is 4.34 Å². The Morgan fingerprint density at radius 1 is 1.18 bits per heavy atom. The molecule has 0 unspecified atom stereocenters. The normalized spacial score (nSPS) is 11.1. The second-order valence-corrected chi connectivity index (χ2v) is 6.30. The lowest BCUT2D eigenvalue weighted by molar-refractivity contribution is 0.0952. The molecule has 0 spiro atoms. The minimum absolute atomic E-state index is 0.0782. The fourth-order valence-electron chi connectivity index (χ4n) is 2.02. The molecule has 0 atom stereocenters. The van der Waals surface area contributed by atoms with E-state index in [9.17, 15) is 9.90 Å². The second kappa shape index (κ2) is 6.17. The molecule has 1 aromatic heterocycles. The first kappa shape index (κ1) is 14.6. The predicted molar refractivity (Wildman–Crippen MR) is 90.0 cm³/mol. The van der Waals surface area contributed by atoms with Gasteiger partial charge in [0.25, 0.3) is 5.91 Å². The van der Waals surface area contributed by atoms with Crippen LogP contribution < -0.4 is 5.43 Å². The van der Waals surface area contributed by atoms with Gasteiger partial charge in [-0.1, -0.05) is 35.9 Å². The number of hydrogen-bond donors (Lipinski definition) is 2. The summed E-state index contributed by atoms with van der Waals surface area (Å²) >= 11 is 7.17. The Labute approximate surface area is 135 Å². The molecule has 0 saturated carbocycles. The standard InChI is InChI=1S/C16H11ClN2O2S/c17-15-6-5-12(22-15)9-18-19-16(21)13-7-10-3-1-2-4-11(10)8-14(13)20/h1-9,20H,(H,19,21). The number of hydrazone groups is 1. The molecule has 22 heavy (non-hydrogen) atoms. The maximum absolute atomic E-state index is 12.1. The number of phenolic OH excluding ortho intramolecular Hbond substituents is 1. The lowest BCUT2D eigenvalue weighted by Gasteiger charge is -2.05. The van der Waals surface area contributed by atoms with Crippen LogP contribution in [-0.2, 0) is 0 Å². The summed E-state index contributed by atoms with van der Waals surface area (Å²) in [7, 11) is 0. The first-order valence-corrected chi connectivity index (χ1v) is 7.63. The summed E-state index contributed by atoms with van der Waals surface area (Å²) in [4.78, 5) is 12.9. The molecule has 0 saturated heterocycles. The van der Waals surface area contributed by atoms with Crippen molar-refractivity contribution in [1.82, 2.24) is 5.43 Å². The number of amides is 1. The van der Waals surface area contributed by atoms with E-state index in [4.69, 9.17) is 11.6 Å². The van der Waals surface area contributed by atoms with Crippen LogP contribution in [0.15, 0.2) is 53.6 Å². The third kappa shape index (κ3) is 3.10. The van der Waals surface area contributed by atoms with Crippen LogP contribution >= 0.6 is 22.9 Å². The number of nitrogens with zero attached hydrogens (tertiary/aromatic N) is 1. The van der Waals surface area contributed by atoms with Crippen LogP contribution in [0.1, 0.15) is 15.2 Å². The monoisotopic (exact) mass is 330 g/mol. The van der Waals surface area contributed by atoms with E-state index in [2.05, 4.69) is 10.5 Å². The number of phenols is 1. The summed E-state index contributed by atoms with van der Waals surface area (Å²) in [6, 6.07) is 14.3. The minimum Gasteiger partial charge on any atom is -0.507 e. The molecule has 0 aliphatic heterocycles. The third-order valence-corrected chi connectivity index (χ3v) is 4.23. The molecule has 0 aliphatic carbocycles. The van der Waals surface area contributed by atoms with Crippen molar-refractivity contribution in [2.24, 2.45) is 5.10 Å². The molecule has 0 radical (unpaired) electrons. The van der Waals surface area contributed by atoms with Crippen LogP contribution in [0, 0.1) is 0 Å². The lowest BCUT2D eigenvalue weighted by Crippen LogP contribution is -2.17. The van der Waals surface area contributed by atoms with E-state index < -0.39 is 5.91 Å². The zero-order valence-corrected chi connectivity index (χ0v) is 12.9. The molecule has 2 N–H and O–H groups in total. The zero-order valence-electron chi connectivity index (χ0n) is 11.3. The summed E-state index contributed by atoms with van der Waals surface area (Å²) in [5.41, 5.74) is 2.58. The fourth-order valence-corrected chi connectivity index (χ4v) is 2.96. The number of nitrogens with one attached hydrogen (secondary N) is 1. The van der Waals surface area contributed by atoms with Crippen molar-refractivity contribution in [3.8, 4) is 5.75 Å². The molecule has 6 heteroatoms. The van der Waals surface area contributed by atoms with E-state index >= 15 is 0 Å². The van der Waals surface area contributed by atoms with Crippen molar-refractivity contribution in [3.63, 3.8) is 0 Å².